The van der Waals surface area contributed by atoms with E-state index in [0.717, 1.165) is 11.1 Å². The number of alkyl carbamates (subject to hydrolysis) is 1. The van der Waals surface area contributed by atoms with Crippen molar-refractivity contribution in [1.29, 1.82) is 0 Å². The maximum Gasteiger partial charge on any atom is 0.407 e. The van der Waals surface area contributed by atoms with Crippen molar-refractivity contribution in [3.8, 4) is 0 Å². The molecule has 2 amide bonds. The number of benzene rings is 1. The van der Waals surface area contributed by atoms with Gasteiger partial charge in [-0.05, 0) is 46.2 Å². The standard InChI is InChI=1S/C19H26N4O6S/c1-12-6-7-14(13(2)10-12)21-15(24)11-30(26,27)18-23-22-16(28-18)8-9-20-17(25)29-19(3,4)5/h6-7,10H,8-9,11H2,1-5H3,(H,20,25)(H,21,24). The molecule has 0 unspecified atom stereocenters. The van der Waals surface area contributed by atoms with Crippen molar-refractivity contribution in [1.82, 2.24) is 15.5 Å². The van der Waals surface area contributed by atoms with Gasteiger partial charge < -0.3 is 19.8 Å². The van der Waals surface area contributed by atoms with Crippen molar-refractivity contribution in [3.05, 3.63) is 35.2 Å². The van der Waals surface area contributed by atoms with E-state index in [1.807, 2.05) is 26.0 Å². The number of rotatable bonds is 7. The first-order valence-corrected chi connectivity index (χ1v) is 10.9. The molecular formula is C19H26N4O6S. The Balaban J connectivity index is 1.91. The molecule has 2 N–H and O–H groups in total. The van der Waals surface area contributed by atoms with E-state index in [9.17, 15) is 18.0 Å². The smallest absolute Gasteiger partial charge is 0.407 e. The molecular weight excluding hydrogens is 412 g/mol. The molecule has 11 heteroatoms. The molecule has 10 nitrogen and oxygen atoms in total. The van der Waals surface area contributed by atoms with Gasteiger partial charge in [-0.15, -0.1) is 5.10 Å². The number of carbonyl (C=O) groups is 2. The summed E-state index contributed by atoms with van der Waals surface area (Å²) in [5.41, 5.74) is 1.74. The van der Waals surface area contributed by atoms with Gasteiger partial charge in [0.05, 0.1) is 0 Å². The van der Waals surface area contributed by atoms with E-state index in [-0.39, 0.29) is 18.9 Å². The summed E-state index contributed by atoms with van der Waals surface area (Å²) in [7, 11) is -4.11. The molecule has 0 aliphatic heterocycles. The van der Waals surface area contributed by atoms with E-state index in [0.29, 0.717) is 5.69 Å². The van der Waals surface area contributed by atoms with Crippen LogP contribution in [0.3, 0.4) is 0 Å². The lowest BCUT2D eigenvalue weighted by Crippen LogP contribution is -2.33. The van der Waals surface area contributed by atoms with Crippen LogP contribution in [0.2, 0.25) is 0 Å². The quantitative estimate of drug-likeness (QED) is 0.670. The van der Waals surface area contributed by atoms with E-state index < -0.39 is 38.4 Å². The van der Waals surface area contributed by atoms with Crippen LogP contribution in [0.15, 0.2) is 27.8 Å². The first-order chi connectivity index (χ1) is 13.9. The van der Waals surface area contributed by atoms with E-state index in [1.165, 1.54) is 0 Å². The van der Waals surface area contributed by atoms with Crippen molar-refractivity contribution < 1.29 is 27.2 Å². The third kappa shape index (κ3) is 7.14. The van der Waals surface area contributed by atoms with Crippen molar-refractivity contribution >= 4 is 27.5 Å². The predicted molar refractivity (Wildman–Crippen MR) is 109 cm³/mol. The molecule has 1 aromatic carbocycles. The van der Waals surface area contributed by atoms with Gasteiger partial charge in [-0.3, -0.25) is 4.79 Å². The predicted octanol–water partition coefficient (Wildman–Crippen LogP) is 2.17. The molecule has 0 fully saturated rings. The molecule has 0 bridgehead atoms. The molecule has 0 saturated carbocycles. The van der Waals surface area contributed by atoms with Crippen molar-refractivity contribution in [2.75, 3.05) is 17.6 Å². The third-order valence-electron chi connectivity index (χ3n) is 3.70. The zero-order chi connectivity index (χ0) is 22.5. The Morgan fingerprint density at radius 2 is 1.87 bits per heavy atom. The summed E-state index contributed by atoms with van der Waals surface area (Å²) in [5.74, 6) is -1.54. The monoisotopic (exact) mass is 438 g/mol. The van der Waals surface area contributed by atoms with Crippen LogP contribution in [-0.4, -0.2) is 48.5 Å². The van der Waals surface area contributed by atoms with E-state index >= 15 is 0 Å². The molecule has 0 aliphatic rings. The van der Waals surface area contributed by atoms with Crippen LogP contribution in [0.4, 0.5) is 10.5 Å². The number of ether oxygens (including phenoxy) is 1. The number of anilines is 1. The van der Waals surface area contributed by atoms with Crippen molar-refractivity contribution in [2.24, 2.45) is 0 Å². The summed E-state index contributed by atoms with van der Waals surface area (Å²) in [6.45, 7) is 9.05. The second-order valence-electron chi connectivity index (χ2n) is 7.77. The Kier molecular flexibility index (Phi) is 7.19. The number of hydrogen-bond acceptors (Lipinski definition) is 8. The van der Waals surface area contributed by atoms with Crippen molar-refractivity contribution in [2.45, 2.75) is 51.9 Å². The fraction of sp³-hybridized carbons (Fsp3) is 0.474. The average molecular weight is 439 g/mol. The summed E-state index contributed by atoms with van der Waals surface area (Å²) in [6.07, 6.45) is -0.505. The Bertz CT molecular complexity index is 1020. The Labute approximate surface area is 175 Å². The third-order valence-corrected chi connectivity index (χ3v) is 5.04. The van der Waals surface area contributed by atoms with Crippen molar-refractivity contribution in [3.63, 3.8) is 0 Å². The maximum absolute atomic E-state index is 12.4. The zero-order valence-corrected chi connectivity index (χ0v) is 18.4. The molecule has 0 radical (unpaired) electrons. The molecule has 164 valence electrons. The fourth-order valence-electron chi connectivity index (χ4n) is 2.43. The minimum Gasteiger partial charge on any atom is -0.444 e. The summed E-state index contributed by atoms with van der Waals surface area (Å²) < 4.78 is 35.0. The number of nitrogens with one attached hydrogen (secondary N) is 2. The van der Waals surface area contributed by atoms with E-state index in [4.69, 9.17) is 9.15 Å². The number of sulfone groups is 1. The summed E-state index contributed by atoms with van der Waals surface area (Å²) in [4.78, 5) is 23.8. The van der Waals surface area contributed by atoms with Crippen LogP contribution < -0.4 is 10.6 Å². The van der Waals surface area contributed by atoms with Crippen LogP contribution >= 0.6 is 0 Å². The first-order valence-electron chi connectivity index (χ1n) is 9.25. The molecule has 2 aromatic rings. The highest BCUT2D eigenvalue weighted by molar-refractivity contribution is 7.91. The Morgan fingerprint density at radius 1 is 1.17 bits per heavy atom. The molecule has 0 saturated heterocycles. The van der Waals surface area contributed by atoms with Crippen LogP contribution in [-0.2, 0) is 25.8 Å². The fourth-order valence-corrected chi connectivity index (χ4v) is 3.35. The van der Waals surface area contributed by atoms with Gasteiger partial charge in [0.1, 0.15) is 11.4 Å². The number of amides is 2. The second kappa shape index (κ2) is 9.24. The summed E-state index contributed by atoms with van der Waals surface area (Å²) >= 11 is 0. The SMILES string of the molecule is Cc1ccc(NC(=O)CS(=O)(=O)c2nnc(CCNC(=O)OC(C)(C)C)o2)c(C)c1. The van der Waals surface area contributed by atoms with Gasteiger partial charge in [-0.1, -0.05) is 22.8 Å². The van der Waals surface area contributed by atoms with Gasteiger partial charge in [0.25, 0.3) is 0 Å². The van der Waals surface area contributed by atoms with Crippen LogP contribution in [0.5, 0.6) is 0 Å². The van der Waals surface area contributed by atoms with Gasteiger partial charge in [-0.25, -0.2) is 13.2 Å². The maximum atomic E-state index is 12.4. The van der Waals surface area contributed by atoms with Crippen LogP contribution in [0.25, 0.3) is 0 Å². The van der Waals surface area contributed by atoms with Gasteiger partial charge in [0, 0.05) is 18.7 Å². The van der Waals surface area contributed by atoms with Crippen LogP contribution in [0, 0.1) is 13.8 Å². The molecule has 0 atom stereocenters. The zero-order valence-electron chi connectivity index (χ0n) is 17.6. The minimum absolute atomic E-state index is 0.0134. The highest BCUT2D eigenvalue weighted by Crippen LogP contribution is 2.17. The van der Waals surface area contributed by atoms with E-state index in [2.05, 4.69) is 20.8 Å². The number of hydrogen-bond donors (Lipinski definition) is 2. The van der Waals surface area contributed by atoms with Gasteiger partial charge in [0.15, 0.2) is 0 Å². The highest BCUT2D eigenvalue weighted by atomic mass is 32.2. The number of aromatic nitrogens is 2. The molecule has 2 rings (SSSR count). The molecule has 1 heterocycles. The lowest BCUT2D eigenvalue weighted by atomic mass is 10.1. The lowest BCUT2D eigenvalue weighted by molar-refractivity contribution is -0.113. The number of nitrogens with zero attached hydrogens (tertiary/aromatic N) is 2. The van der Waals surface area contributed by atoms with Gasteiger partial charge >= 0.3 is 11.3 Å². The minimum atomic E-state index is -4.11. The molecule has 30 heavy (non-hydrogen) atoms. The van der Waals surface area contributed by atoms with Gasteiger partial charge in [0.2, 0.25) is 21.6 Å². The Morgan fingerprint density at radius 3 is 2.50 bits per heavy atom. The molecule has 0 spiro atoms. The number of carbonyl (C=O) groups excluding carboxylic acids is 2. The highest BCUT2D eigenvalue weighted by Gasteiger charge is 2.26. The normalized spacial score (nSPS) is 11.8. The van der Waals surface area contributed by atoms with Crippen LogP contribution in [0.1, 0.15) is 37.8 Å². The average Bonchev–Trinajstić information content (AvgIpc) is 3.05. The second-order valence-corrected chi connectivity index (χ2v) is 9.63. The first kappa shape index (κ1) is 23.3. The largest absolute Gasteiger partial charge is 0.444 e. The lowest BCUT2D eigenvalue weighted by Gasteiger charge is -2.19. The van der Waals surface area contributed by atoms with Gasteiger partial charge in [-0.2, -0.15) is 0 Å². The summed E-state index contributed by atoms with van der Waals surface area (Å²) in [6, 6.07) is 5.39. The Hall–Kier alpha value is -2.95. The summed E-state index contributed by atoms with van der Waals surface area (Å²) in [5, 5.41) is 11.6. The number of aryl methyl sites for hydroxylation is 2. The molecule has 0 aliphatic carbocycles. The molecule has 1 aromatic heterocycles. The van der Waals surface area contributed by atoms with E-state index in [1.54, 1.807) is 26.8 Å². The topological polar surface area (TPSA) is 140 Å².